The van der Waals surface area contributed by atoms with Gasteiger partial charge in [-0.05, 0) is 7.43 Å². The molecule has 3 radical (unpaired) electrons. The maximum Gasteiger partial charge on any atom is 0.394 e. The van der Waals surface area contributed by atoms with Gasteiger partial charge in [0.2, 0.25) is 0 Å². The fraction of sp³-hybridized carbons (Fsp3) is 0. The Morgan fingerprint density at radius 3 is 1.17 bits per heavy atom. The smallest absolute Gasteiger partial charge is 0.264 e. The first kappa shape index (κ1) is 9.30. The summed E-state index contributed by atoms with van der Waals surface area (Å²) in [7, 11) is -4.67. The van der Waals surface area contributed by atoms with Crippen LogP contribution in [-0.4, -0.2) is 17.5 Å². The lowest BCUT2D eigenvalue weighted by atomic mass is 12.0. The number of rotatable bonds is 0. The van der Waals surface area contributed by atoms with Crippen molar-refractivity contribution in [1.29, 1.82) is 0 Å². The molecule has 0 aromatic rings. The van der Waals surface area contributed by atoms with E-state index in [4.69, 9.17) is 17.5 Å². The molecular formula is CH3O4S. The molecule has 0 aliphatic heterocycles. The van der Waals surface area contributed by atoms with Gasteiger partial charge in [0.1, 0.15) is 0 Å². The summed E-state index contributed by atoms with van der Waals surface area (Å²) in [6, 6.07) is 0. The van der Waals surface area contributed by atoms with E-state index in [2.05, 4.69) is 0 Å². The van der Waals surface area contributed by atoms with Gasteiger partial charge in [0.15, 0.2) is 0 Å². The fourth-order valence-electron chi connectivity index (χ4n) is 0. The van der Waals surface area contributed by atoms with Crippen LogP contribution in [0.3, 0.4) is 0 Å². The van der Waals surface area contributed by atoms with Gasteiger partial charge in [0, 0.05) is 0 Å². The first-order valence-corrected chi connectivity index (χ1v) is 2.10. The Morgan fingerprint density at radius 2 is 1.17 bits per heavy atom. The summed E-state index contributed by atoms with van der Waals surface area (Å²) in [5.74, 6) is 0. The van der Waals surface area contributed by atoms with Gasteiger partial charge in [-0.2, -0.15) is 8.42 Å². The second-order valence-electron chi connectivity index (χ2n) is 0.448. The summed E-state index contributed by atoms with van der Waals surface area (Å²) in [6.45, 7) is 0. The van der Waals surface area contributed by atoms with Crippen molar-refractivity contribution in [3.63, 3.8) is 0 Å². The minimum atomic E-state index is -4.67. The molecule has 0 aliphatic rings. The first-order valence-electron chi connectivity index (χ1n) is 0.698. The van der Waals surface area contributed by atoms with Gasteiger partial charge in [-0.1, -0.05) is 0 Å². The van der Waals surface area contributed by atoms with Crippen molar-refractivity contribution in [2.45, 2.75) is 0 Å². The van der Waals surface area contributed by atoms with Crippen LogP contribution in [0.1, 0.15) is 0 Å². The second kappa shape index (κ2) is 2.12. The molecule has 0 aromatic carbocycles. The van der Waals surface area contributed by atoms with Crippen LogP contribution in [0.2, 0.25) is 0 Å². The van der Waals surface area contributed by atoms with E-state index >= 15 is 0 Å². The SMILES string of the molecule is O=S(=O)(O)O.[CH]. The predicted molar refractivity (Wildman–Crippen MR) is 18.5 cm³/mol. The van der Waals surface area contributed by atoms with Crippen LogP contribution < -0.4 is 0 Å². The molecule has 37 valence electrons. The molecule has 0 amide bonds. The van der Waals surface area contributed by atoms with E-state index in [-0.39, 0.29) is 7.43 Å². The molecule has 0 fully saturated rings. The molecule has 0 aromatic heterocycles. The molecule has 0 heterocycles. The molecule has 4 nitrogen and oxygen atoms in total. The quantitative estimate of drug-likeness (QED) is 0.415. The number of hydrogen-bond acceptors (Lipinski definition) is 2. The standard InChI is InChI=1S/CH.H2O4S/c;1-5(2,3)4/h1H;(H2,1,2,3,4). The van der Waals surface area contributed by atoms with E-state index in [1.54, 1.807) is 0 Å². The van der Waals surface area contributed by atoms with E-state index in [1.165, 1.54) is 0 Å². The van der Waals surface area contributed by atoms with Gasteiger partial charge in [-0.25, -0.2) is 0 Å². The molecule has 2 N–H and O–H groups in total. The van der Waals surface area contributed by atoms with Crippen LogP contribution in [0.15, 0.2) is 0 Å². The zero-order chi connectivity index (χ0) is 4.50. The van der Waals surface area contributed by atoms with Crippen molar-refractivity contribution in [1.82, 2.24) is 0 Å². The van der Waals surface area contributed by atoms with Crippen molar-refractivity contribution < 1.29 is 17.5 Å². The maximum atomic E-state index is 8.74. The molecule has 0 bridgehead atoms. The minimum absolute atomic E-state index is 0. The average Bonchev–Trinajstić information content (AvgIpc) is 0.722. The molecule has 0 saturated carbocycles. The Kier molecular flexibility index (Phi) is 3.28. The zero-order valence-corrected chi connectivity index (χ0v) is 3.51. The first-order chi connectivity index (χ1) is 2.00. The third-order valence-electron chi connectivity index (χ3n) is 0. The van der Waals surface area contributed by atoms with Crippen LogP contribution in [0.5, 0.6) is 0 Å². The van der Waals surface area contributed by atoms with Crippen LogP contribution in [0, 0.1) is 7.43 Å². The van der Waals surface area contributed by atoms with Crippen LogP contribution >= 0.6 is 0 Å². The Hall–Kier alpha value is -0.130. The Bertz CT molecular complexity index is 90.7. The normalized spacial score (nSPS) is 9.67. The van der Waals surface area contributed by atoms with Gasteiger partial charge < -0.3 is 0 Å². The Morgan fingerprint density at radius 1 is 1.17 bits per heavy atom. The summed E-state index contributed by atoms with van der Waals surface area (Å²) in [4.78, 5) is 0. The molecule has 0 spiro atoms. The Labute approximate surface area is 36.4 Å². The predicted octanol–water partition coefficient (Wildman–Crippen LogP) is -0.449. The molecule has 6 heavy (non-hydrogen) atoms. The van der Waals surface area contributed by atoms with Crippen molar-refractivity contribution in [3.8, 4) is 0 Å². The van der Waals surface area contributed by atoms with Crippen LogP contribution in [0.25, 0.3) is 0 Å². The highest BCUT2D eigenvalue weighted by atomic mass is 32.3. The summed E-state index contributed by atoms with van der Waals surface area (Å²) < 4.78 is 31.6. The highest BCUT2D eigenvalue weighted by Gasteiger charge is 1.84. The van der Waals surface area contributed by atoms with Gasteiger partial charge >= 0.3 is 10.4 Å². The summed E-state index contributed by atoms with van der Waals surface area (Å²) in [5.41, 5.74) is 0. The molecular weight excluding hydrogens is 108 g/mol. The largest absolute Gasteiger partial charge is 0.394 e. The van der Waals surface area contributed by atoms with Crippen LogP contribution in [-0.2, 0) is 10.4 Å². The molecule has 0 saturated heterocycles. The summed E-state index contributed by atoms with van der Waals surface area (Å²) in [6.07, 6.45) is 0. The lowest BCUT2D eigenvalue weighted by molar-refractivity contribution is 0.381. The van der Waals surface area contributed by atoms with Crippen molar-refractivity contribution in [2.24, 2.45) is 0 Å². The maximum absolute atomic E-state index is 8.74. The molecule has 0 unspecified atom stereocenters. The lowest BCUT2D eigenvalue weighted by Crippen LogP contribution is -1.89. The highest BCUT2D eigenvalue weighted by Crippen LogP contribution is 1.59. The van der Waals surface area contributed by atoms with E-state index in [1.807, 2.05) is 0 Å². The summed E-state index contributed by atoms with van der Waals surface area (Å²) >= 11 is 0. The Balaban J connectivity index is 0. The second-order valence-corrected chi connectivity index (χ2v) is 1.34. The fourth-order valence-corrected chi connectivity index (χ4v) is 0. The van der Waals surface area contributed by atoms with Gasteiger partial charge in [0.05, 0.1) is 0 Å². The van der Waals surface area contributed by atoms with Crippen molar-refractivity contribution in [2.75, 3.05) is 0 Å². The van der Waals surface area contributed by atoms with Gasteiger partial charge in [-0.15, -0.1) is 0 Å². The van der Waals surface area contributed by atoms with Crippen molar-refractivity contribution in [3.05, 3.63) is 7.43 Å². The topological polar surface area (TPSA) is 74.6 Å². The van der Waals surface area contributed by atoms with E-state index < -0.39 is 10.4 Å². The average molecular weight is 111 g/mol. The van der Waals surface area contributed by atoms with Gasteiger partial charge in [0.25, 0.3) is 0 Å². The van der Waals surface area contributed by atoms with Crippen LogP contribution in [0.4, 0.5) is 0 Å². The minimum Gasteiger partial charge on any atom is -0.264 e. The molecule has 0 rings (SSSR count). The highest BCUT2D eigenvalue weighted by molar-refractivity contribution is 7.79. The van der Waals surface area contributed by atoms with E-state index in [0.29, 0.717) is 0 Å². The van der Waals surface area contributed by atoms with E-state index in [0.717, 1.165) is 0 Å². The molecule has 0 aliphatic carbocycles. The lowest BCUT2D eigenvalue weighted by Gasteiger charge is -1.68. The molecule has 0 atom stereocenters. The van der Waals surface area contributed by atoms with E-state index in [9.17, 15) is 0 Å². The monoisotopic (exact) mass is 111 g/mol. The molecule has 5 heteroatoms. The third-order valence-corrected chi connectivity index (χ3v) is 0. The third kappa shape index (κ3) is 1890. The van der Waals surface area contributed by atoms with Crippen molar-refractivity contribution >= 4 is 10.4 Å². The number of hydrogen-bond donors (Lipinski definition) is 2. The van der Waals surface area contributed by atoms with Gasteiger partial charge in [-0.3, -0.25) is 9.11 Å². The summed E-state index contributed by atoms with van der Waals surface area (Å²) in [5, 5.41) is 0. The zero-order valence-electron chi connectivity index (χ0n) is 2.70.